The van der Waals surface area contributed by atoms with Gasteiger partial charge in [-0.1, -0.05) is 20.8 Å². The maximum atomic E-state index is 5.74. The Labute approximate surface area is 90.4 Å². The molecule has 2 heterocycles. The molecule has 1 atom stereocenters. The van der Waals surface area contributed by atoms with Gasteiger partial charge in [0.05, 0.1) is 18.9 Å². The summed E-state index contributed by atoms with van der Waals surface area (Å²) in [6.07, 6.45) is 2.03. The molecule has 0 bridgehead atoms. The maximum Gasteiger partial charge on any atom is 0.0982 e. The highest BCUT2D eigenvalue weighted by atomic mass is 16.5. The number of aromatic nitrogens is 2. The molecule has 1 aromatic heterocycles. The largest absolute Gasteiger partial charge is 0.371 e. The molecule has 0 amide bonds. The van der Waals surface area contributed by atoms with Gasteiger partial charge in [-0.15, -0.1) is 0 Å². The first-order chi connectivity index (χ1) is 7.09. The van der Waals surface area contributed by atoms with Crippen LogP contribution in [0.15, 0.2) is 6.20 Å². The molecule has 2 rings (SSSR count). The van der Waals surface area contributed by atoms with Crippen LogP contribution in [0.25, 0.3) is 0 Å². The number of H-pyrrole nitrogens is 1. The van der Waals surface area contributed by atoms with Gasteiger partial charge in [-0.3, -0.25) is 5.10 Å². The van der Waals surface area contributed by atoms with Crippen LogP contribution in [0.3, 0.4) is 0 Å². The molecule has 1 fully saturated rings. The molecule has 1 aliphatic rings. The van der Waals surface area contributed by atoms with Crippen LogP contribution < -0.4 is 5.32 Å². The van der Waals surface area contributed by atoms with Gasteiger partial charge in [0, 0.05) is 29.8 Å². The lowest BCUT2D eigenvalue weighted by atomic mass is 9.88. The van der Waals surface area contributed by atoms with Crippen LogP contribution in [0.4, 0.5) is 0 Å². The van der Waals surface area contributed by atoms with Crippen LogP contribution in [-0.4, -0.2) is 29.9 Å². The first-order valence-corrected chi connectivity index (χ1v) is 5.45. The average molecular weight is 209 g/mol. The fourth-order valence-corrected chi connectivity index (χ4v) is 1.91. The number of hydrogen-bond donors (Lipinski definition) is 2. The Bertz CT molecular complexity index is 321. The number of nitrogens with zero attached hydrogens (tertiary/aromatic N) is 1. The number of ether oxygens (including phenoxy) is 1. The van der Waals surface area contributed by atoms with Crippen molar-refractivity contribution < 1.29 is 4.74 Å². The van der Waals surface area contributed by atoms with Crippen molar-refractivity contribution in [2.24, 2.45) is 0 Å². The molecule has 84 valence electrons. The summed E-state index contributed by atoms with van der Waals surface area (Å²) in [4.78, 5) is 0. The second-order valence-corrected chi connectivity index (χ2v) is 5.01. The van der Waals surface area contributed by atoms with Crippen molar-refractivity contribution in [3.8, 4) is 0 Å². The molecule has 0 aromatic carbocycles. The van der Waals surface area contributed by atoms with Gasteiger partial charge in [-0.25, -0.2) is 0 Å². The lowest BCUT2D eigenvalue weighted by molar-refractivity contribution is 0.0267. The minimum Gasteiger partial charge on any atom is -0.371 e. The quantitative estimate of drug-likeness (QED) is 0.734. The van der Waals surface area contributed by atoms with Gasteiger partial charge in [0.25, 0.3) is 0 Å². The SMILES string of the molecule is CC(C)(C)c1[nH]ncc1C1CNCCO1. The first-order valence-electron chi connectivity index (χ1n) is 5.45. The van der Waals surface area contributed by atoms with Crippen molar-refractivity contribution in [2.45, 2.75) is 32.3 Å². The van der Waals surface area contributed by atoms with E-state index in [1.165, 1.54) is 11.3 Å². The highest BCUT2D eigenvalue weighted by molar-refractivity contribution is 5.26. The van der Waals surface area contributed by atoms with Gasteiger partial charge < -0.3 is 10.1 Å². The van der Waals surface area contributed by atoms with E-state index in [1.54, 1.807) is 0 Å². The molecule has 1 unspecified atom stereocenters. The van der Waals surface area contributed by atoms with Crippen molar-refractivity contribution in [2.75, 3.05) is 19.7 Å². The molecule has 0 saturated carbocycles. The predicted molar refractivity (Wildman–Crippen MR) is 58.9 cm³/mol. The molecule has 4 heteroatoms. The summed E-state index contributed by atoms with van der Waals surface area (Å²) in [5, 5.41) is 10.6. The smallest absolute Gasteiger partial charge is 0.0982 e. The fraction of sp³-hybridized carbons (Fsp3) is 0.727. The third kappa shape index (κ3) is 2.21. The molecule has 0 spiro atoms. The molecule has 4 nitrogen and oxygen atoms in total. The van der Waals surface area contributed by atoms with Crippen LogP contribution in [0, 0.1) is 0 Å². The van der Waals surface area contributed by atoms with Gasteiger partial charge in [-0.2, -0.15) is 5.10 Å². The maximum absolute atomic E-state index is 5.74. The summed E-state index contributed by atoms with van der Waals surface area (Å²) in [5.74, 6) is 0. The Kier molecular flexibility index (Phi) is 2.80. The van der Waals surface area contributed by atoms with Crippen LogP contribution in [0.1, 0.15) is 38.1 Å². The second-order valence-electron chi connectivity index (χ2n) is 5.01. The normalized spacial score (nSPS) is 23.0. The van der Waals surface area contributed by atoms with Crippen LogP contribution >= 0.6 is 0 Å². The van der Waals surface area contributed by atoms with Crippen LogP contribution in [0.5, 0.6) is 0 Å². The second kappa shape index (κ2) is 3.94. The van der Waals surface area contributed by atoms with Crippen LogP contribution in [-0.2, 0) is 10.2 Å². The molecule has 0 radical (unpaired) electrons. The van der Waals surface area contributed by atoms with E-state index >= 15 is 0 Å². The highest BCUT2D eigenvalue weighted by Gasteiger charge is 2.26. The minimum absolute atomic E-state index is 0.0899. The van der Waals surface area contributed by atoms with Crippen molar-refractivity contribution in [1.29, 1.82) is 0 Å². The number of aromatic amines is 1. The Balaban J connectivity index is 2.24. The zero-order valence-electron chi connectivity index (χ0n) is 9.63. The Morgan fingerprint density at radius 1 is 1.47 bits per heavy atom. The summed E-state index contributed by atoms with van der Waals surface area (Å²) in [5.41, 5.74) is 2.46. The van der Waals surface area contributed by atoms with E-state index in [4.69, 9.17) is 4.74 Å². The summed E-state index contributed by atoms with van der Waals surface area (Å²) in [6, 6.07) is 0. The van der Waals surface area contributed by atoms with Crippen molar-refractivity contribution >= 4 is 0 Å². The molecule has 2 N–H and O–H groups in total. The van der Waals surface area contributed by atoms with Gasteiger partial charge in [0.1, 0.15) is 0 Å². The predicted octanol–water partition coefficient (Wildman–Crippen LogP) is 1.37. The van der Waals surface area contributed by atoms with E-state index in [9.17, 15) is 0 Å². The number of morpholine rings is 1. The average Bonchev–Trinajstić information content (AvgIpc) is 2.67. The number of nitrogens with one attached hydrogen (secondary N) is 2. The monoisotopic (exact) mass is 209 g/mol. The summed E-state index contributed by atoms with van der Waals surface area (Å²) in [6.45, 7) is 9.14. The standard InChI is InChI=1S/C11H19N3O/c1-11(2,3)10-8(6-13-14-10)9-7-12-4-5-15-9/h6,9,12H,4-5,7H2,1-3H3,(H,13,14). The van der Waals surface area contributed by atoms with Crippen LogP contribution in [0.2, 0.25) is 0 Å². The number of rotatable bonds is 1. The summed E-state index contributed by atoms with van der Waals surface area (Å²) < 4.78 is 5.74. The Hall–Kier alpha value is -0.870. The third-order valence-corrected chi connectivity index (χ3v) is 2.69. The molecular weight excluding hydrogens is 190 g/mol. The third-order valence-electron chi connectivity index (χ3n) is 2.69. The van der Waals surface area contributed by atoms with E-state index in [2.05, 4.69) is 36.3 Å². The lowest BCUT2D eigenvalue weighted by Crippen LogP contribution is -2.34. The summed E-state index contributed by atoms with van der Waals surface area (Å²) >= 11 is 0. The first kappa shape index (κ1) is 10.6. The highest BCUT2D eigenvalue weighted by Crippen LogP contribution is 2.29. The van der Waals surface area contributed by atoms with Gasteiger partial charge >= 0.3 is 0 Å². The lowest BCUT2D eigenvalue weighted by Gasteiger charge is -2.26. The van der Waals surface area contributed by atoms with Gasteiger partial charge in [-0.05, 0) is 0 Å². The molecular formula is C11H19N3O. The zero-order valence-corrected chi connectivity index (χ0v) is 9.63. The van der Waals surface area contributed by atoms with E-state index in [0.29, 0.717) is 0 Å². The van der Waals surface area contributed by atoms with E-state index in [0.717, 1.165) is 19.7 Å². The molecule has 1 aliphatic heterocycles. The van der Waals surface area contributed by atoms with E-state index in [-0.39, 0.29) is 11.5 Å². The molecule has 0 aliphatic carbocycles. The van der Waals surface area contributed by atoms with Crippen molar-refractivity contribution in [3.63, 3.8) is 0 Å². The zero-order chi connectivity index (χ0) is 10.9. The summed E-state index contributed by atoms with van der Waals surface area (Å²) in [7, 11) is 0. The van der Waals surface area contributed by atoms with E-state index in [1.807, 2.05) is 6.20 Å². The molecule has 15 heavy (non-hydrogen) atoms. The Morgan fingerprint density at radius 2 is 2.27 bits per heavy atom. The van der Waals surface area contributed by atoms with Crippen molar-refractivity contribution in [1.82, 2.24) is 15.5 Å². The topological polar surface area (TPSA) is 49.9 Å². The Morgan fingerprint density at radius 3 is 2.87 bits per heavy atom. The fourth-order valence-electron chi connectivity index (χ4n) is 1.91. The molecule has 1 aromatic rings. The minimum atomic E-state index is 0.0899. The molecule has 1 saturated heterocycles. The van der Waals surface area contributed by atoms with E-state index < -0.39 is 0 Å². The van der Waals surface area contributed by atoms with Gasteiger partial charge in [0.15, 0.2) is 0 Å². The van der Waals surface area contributed by atoms with Gasteiger partial charge in [0.2, 0.25) is 0 Å². The number of hydrogen-bond acceptors (Lipinski definition) is 3. The van der Waals surface area contributed by atoms with Crippen molar-refractivity contribution in [3.05, 3.63) is 17.5 Å².